The zero-order chi connectivity index (χ0) is 18.1. The number of amides is 1. The largest absolute Gasteiger partial charge is 0.354 e. The molecule has 0 N–H and O–H groups in total. The lowest BCUT2D eigenvalue weighted by Gasteiger charge is -2.39. The van der Waals surface area contributed by atoms with Crippen molar-refractivity contribution in [2.45, 2.75) is 32.7 Å². The number of likely N-dealkylation sites (tertiary alicyclic amines) is 1. The maximum absolute atomic E-state index is 13.4. The Kier molecular flexibility index (Phi) is 4.34. The summed E-state index contributed by atoms with van der Waals surface area (Å²) in [4.78, 5) is 17.2. The molecule has 5 nitrogen and oxygen atoms in total. The van der Waals surface area contributed by atoms with E-state index in [1.165, 1.54) is 12.1 Å². The van der Waals surface area contributed by atoms with Crippen LogP contribution in [-0.4, -0.2) is 40.6 Å². The molecule has 0 saturated carbocycles. The Hall–Kier alpha value is -2.50. The van der Waals surface area contributed by atoms with E-state index in [1.54, 1.807) is 6.07 Å². The van der Waals surface area contributed by atoms with Crippen LogP contribution in [0.5, 0.6) is 0 Å². The van der Waals surface area contributed by atoms with E-state index in [0.717, 1.165) is 49.4 Å². The van der Waals surface area contributed by atoms with Crippen LogP contribution in [0.3, 0.4) is 0 Å². The number of anilines is 1. The maximum atomic E-state index is 13.4. The van der Waals surface area contributed by atoms with E-state index in [2.05, 4.69) is 15.1 Å². The number of hydrogen-bond acceptors (Lipinski definition) is 4. The van der Waals surface area contributed by atoms with Gasteiger partial charge in [-0.15, -0.1) is 5.10 Å². The molecule has 4 rings (SSSR count). The molecule has 1 atom stereocenters. The summed E-state index contributed by atoms with van der Waals surface area (Å²) in [6, 6.07) is 10.4. The van der Waals surface area contributed by atoms with Gasteiger partial charge in [0.2, 0.25) is 5.91 Å². The van der Waals surface area contributed by atoms with Crippen molar-refractivity contribution >= 4 is 11.7 Å². The number of hydrogen-bond donors (Lipinski definition) is 0. The second-order valence-electron chi connectivity index (χ2n) is 7.44. The van der Waals surface area contributed by atoms with Crippen LogP contribution in [-0.2, 0) is 11.3 Å². The lowest BCUT2D eigenvalue weighted by molar-refractivity contribution is -0.137. The Labute approximate surface area is 152 Å². The number of rotatable bonds is 3. The van der Waals surface area contributed by atoms with E-state index in [9.17, 15) is 9.18 Å². The molecule has 2 saturated heterocycles. The molecule has 136 valence electrons. The first-order valence-electron chi connectivity index (χ1n) is 9.15. The molecule has 2 aromatic rings. The van der Waals surface area contributed by atoms with Gasteiger partial charge < -0.3 is 9.80 Å². The quantitative estimate of drug-likeness (QED) is 0.850. The van der Waals surface area contributed by atoms with Crippen LogP contribution in [0.25, 0.3) is 0 Å². The summed E-state index contributed by atoms with van der Waals surface area (Å²) >= 11 is 0. The third-order valence-electron chi connectivity index (χ3n) is 5.55. The minimum atomic E-state index is -0.349. The Morgan fingerprint density at radius 3 is 2.81 bits per heavy atom. The predicted molar refractivity (Wildman–Crippen MR) is 97.1 cm³/mol. The number of carbonyl (C=O) groups excluding carboxylic acids is 1. The first-order valence-corrected chi connectivity index (χ1v) is 9.15. The van der Waals surface area contributed by atoms with Gasteiger partial charge in [-0.2, -0.15) is 5.10 Å². The van der Waals surface area contributed by atoms with Gasteiger partial charge in [-0.25, -0.2) is 4.39 Å². The van der Waals surface area contributed by atoms with Crippen LogP contribution in [0.15, 0.2) is 36.4 Å². The molecule has 0 aliphatic carbocycles. The molecular weight excluding hydrogens is 331 g/mol. The molecule has 6 heteroatoms. The van der Waals surface area contributed by atoms with Crippen LogP contribution in [0.1, 0.15) is 30.5 Å². The van der Waals surface area contributed by atoms with Crippen molar-refractivity contribution in [1.29, 1.82) is 0 Å². The van der Waals surface area contributed by atoms with Crippen molar-refractivity contribution in [1.82, 2.24) is 15.1 Å². The van der Waals surface area contributed by atoms with Crippen molar-refractivity contribution in [2.75, 3.05) is 24.5 Å². The summed E-state index contributed by atoms with van der Waals surface area (Å²) in [5, 5.41) is 8.43. The van der Waals surface area contributed by atoms with Gasteiger partial charge >= 0.3 is 0 Å². The van der Waals surface area contributed by atoms with Gasteiger partial charge in [0.15, 0.2) is 5.82 Å². The molecule has 1 aromatic carbocycles. The molecule has 1 unspecified atom stereocenters. The fourth-order valence-corrected chi connectivity index (χ4v) is 4.17. The zero-order valence-electron chi connectivity index (χ0n) is 15.0. The van der Waals surface area contributed by atoms with Gasteiger partial charge in [0.05, 0.1) is 11.1 Å². The highest BCUT2D eigenvalue weighted by Gasteiger charge is 2.49. The minimum absolute atomic E-state index is 0.187. The third-order valence-corrected chi connectivity index (χ3v) is 5.55. The molecular formula is C20H23FN4O. The summed E-state index contributed by atoms with van der Waals surface area (Å²) in [6.45, 7) is 4.70. The van der Waals surface area contributed by atoms with Crippen LogP contribution in [0.4, 0.5) is 10.2 Å². The number of aromatic nitrogens is 2. The van der Waals surface area contributed by atoms with Crippen LogP contribution in [0, 0.1) is 18.2 Å². The van der Waals surface area contributed by atoms with E-state index in [1.807, 2.05) is 30.0 Å². The van der Waals surface area contributed by atoms with E-state index < -0.39 is 0 Å². The Morgan fingerprint density at radius 1 is 1.15 bits per heavy atom. The van der Waals surface area contributed by atoms with Gasteiger partial charge in [-0.3, -0.25) is 4.79 Å². The second-order valence-corrected chi connectivity index (χ2v) is 7.44. The molecule has 0 radical (unpaired) electrons. The SMILES string of the molecule is Cc1ccc(N2CCCC3(CCN(Cc4cccc(F)c4)C3=O)C2)nn1. The molecule has 2 aliphatic heterocycles. The number of halogens is 1. The van der Waals surface area contributed by atoms with E-state index in [4.69, 9.17) is 0 Å². The Bertz CT molecular complexity index is 810. The first kappa shape index (κ1) is 16.9. The zero-order valence-corrected chi connectivity index (χ0v) is 15.0. The Morgan fingerprint density at radius 2 is 2.04 bits per heavy atom. The fraction of sp³-hybridized carbons (Fsp3) is 0.450. The predicted octanol–water partition coefficient (Wildman–Crippen LogP) is 2.94. The normalized spacial score (nSPS) is 23.1. The van der Waals surface area contributed by atoms with Gasteiger partial charge in [0.25, 0.3) is 0 Å². The molecule has 2 fully saturated rings. The maximum Gasteiger partial charge on any atom is 0.230 e. The second kappa shape index (κ2) is 6.67. The number of benzene rings is 1. The molecule has 1 amide bonds. The molecule has 2 aliphatic rings. The van der Waals surface area contributed by atoms with Gasteiger partial charge in [-0.1, -0.05) is 12.1 Å². The van der Waals surface area contributed by atoms with E-state index in [-0.39, 0.29) is 17.1 Å². The molecule has 1 spiro atoms. The lowest BCUT2D eigenvalue weighted by Crippen LogP contribution is -2.48. The monoisotopic (exact) mass is 354 g/mol. The molecule has 26 heavy (non-hydrogen) atoms. The van der Waals surface area contributed by atoms with Crippen LogP contribution < -0.4 is 4.90 Å². The summed E-state index contributed by atoms with van der Waals surface area (Å²) in [6.07, 6.45) is 2.72. The first-order chi connectivity index (χ1) is 12.6. The number of carbonyl (C=O) groups is 1. The average molecular weight is 354 g/mol. The third kappa shape index (κ3) is 3.16. The minimum Gasteiger partial charge on any atom is -0.354 e. The Balaban J connectivity index is 1.49. The van der Waals surface area contributed by atoms with Gasteiger partial charge in [0, 0.05) is 26.2 Å². The molecule has 1 aromatic heterocycles. The standard InChI is InChI=1S/C20H23FN4O/c1-15-6-7-18(23-22-15)25-10-3-8-20(14-25)9-11-24(19(20)26)13-16-4-2-5-17(21)12-16/h2,4-7,12H,3,8-11,13-14H2,1H3. The van der Waals surface area contributed by atoms with E-state index >= 15 is 0 Å². The number of aryl methyl sites for hydroxylation is 1. The van der Waals surface area contributed by atoms with Crippen LogP contribution in [0.2, 0.25) is 0 Å². The van der Waals surface area contributed by atoms with Gasteiger partial charge in [0.1, 0.15) is 5.82 Å². The van der Waals surface area contributed by atoms with Gasteiger partial charge in [-0.05, 0) is 56.0 Å². The van der Waals surface area contributed by atoms with Crippen molar-refractivity contribution < 1.29 is 9.18 Å². The van der Waals surface area contributed by atoms with Crippen molar-refractivity contribution in [3.05, 3.63) is 53.5 Å². The highest BCUT2D eigenvalue weighted by Crippen LogP contribution is 2.41. The van der Waals surface area contributed by atoms with Crippen molar-refractivity contribution in [2.24, 2.45) is 5.41 Å². The number of nitrogens with zero attached hydrogens (tertiary/aromatic N) is 4. The average Bonchev–Trinajstić information content (AvgIpc) is 2.92. The summed E-state index contributed by atoms with van der Waals surface area (Å²) in [5.74, 6) is 0.767. The van der Waals surface area contributed by atoms with Crippen LogP contribution >= 0.6 is 0 Å². The summed E-state index contributed by atoms with van der Waals surface area (Å²) in [7, 11) is 0. The summed E-state index contributed by atoms with van der Waals surface area (Å²) in [5.41, 5.74) is 1.38. The smallest absolute Gasteiger partial charge is 0.230 e. The fourth-order valence-electron chi connectivity index (χ4n) is 4.17. The lowest BCUT2D eigenvalue weighted by atomic mass is 9.78. The highest BCUT2D eigenvalue weighted by molar-refractivity contribution is 5.85. The highest BCUT2D eigenvalue weighted by atomic mass is 19.1. The molecule has 3 heterocycles. The summed E-state index contributed by atoms with van der Waals surface area (Å²) < 4.78 is 13.4. The van der Waals surface area contributed by atoms with Crippen molar-refractivity contribution in [3.8, 4) is 0 Å². The van der Waals surface area contributed by atoms with E-state index in [0.29, 0.717) is 13.1 Å². The van der Waals surface area contributed by atoms with Crippen molar-refractivity contribution in [3.63, 3.8) is 0 Å². The molecule has 0 bridgehead atoms. The topological polar surface area (TPSA) is 49.3 Å². The number of piperidine rings is 1.